The number of unbranched alkanes of at least 4 members (excludes halogenated alkanes) is 2. The van der Waals surface area contributed by atoms with E-state index in [0.29, 0.717) is 11.5 Å². The van der Waals surface area contributed by atoms with E-state index in [1.807, 2.05) is 19.1 Å². The third-order valence-electron chi connectivity index (χ3n) is 5.21. The van der Waals surface area contributed by atoms with Crippen molar-refractivity contribution in [1.82, 2.24) is 0 Å². The topological polar surface area (TPSA) is 0 Å². The van der Waals surface area contributed by atoms with Gasteiger partial charge < -0.3 is 0 Å². The smallest absolute Gasteiger partial charge is 0.139 e. The minimum Gasteiger partial charge on any atom is -0.206 e. The first-order valence-corrected chi connectivity index (χ1v) is 9.69. The van der Waals surface area contributed by atoms with Crippen LogP contribution in [0, 0.1) is 29.5 Å². The summed E-state index contributed by atoms with van der Waals surface area (Å²) in [5.41, 5.74) is 1.51. The zero-order valence-electron chi connectivity index (χ0n) is 15.3. The lowest BCUT2D eigenvalue weighted by atomic mass is 9.79. The Labute approximate surface area is 147 Å². The number of aryl methyl sites for hydroxylation is 1. The zero-order valence-corrected chi connectivity index (χ0v) is 15.3. The van der Waals surface area contributed by atoms with Crippen molar-refractivity contribution in [2.45, 2.75) is 71.6 Å². The Kier molecular flexibility index (Phi) is 8.10. The summed E-state index contributed by atoms with van der Waals surface area (Å²) >= 11 is 0. The zero-order chi connectivity index (χ0) is 17.2. The molecule has 1 aromatic carbocycles. The SMILES string of the molecule is CCCCC[C@H]1CC[C@H](/C=C/C#Cc2ccc(CC)cc2F)CC1. The maximum absolute atomic E-state index is 13.9. The molecule has 0 heterocycles. The van der Waals surface area contributed by atoms with Gasteiger partial charge in [0.05, 0.1) is 5.56 Å². The first kappa shape index (κ1) is 18.8. The fraction of sp³-hybridized carbons (Fsp3) is 0.565. The minimum absolute atomic E-state index is 0.206. The van der Waals surface area contributed by atoms with Gasteiger partial charge in [-0.15, -0.1) is 0 Å². The number of hydrogen-bond donors (Lipinski definition) is 0. The normalized spacial score (nSPS) is 20.8. The average molecular weight is 326 g/mol. The molecule has 0 nitrogen and oxygen atoms in total. The third kappa shape index (κ3) is 6.16. The Hall–Kier alpha value is -1.55. The number of rotatable bonds is 6. The van der Waals surface area contributed by atoms with E-state index in [1.54, 1.807) is 12.1 Å². The number of allylic oxidation sites excluding steroid dienone is 2. The van der Waals surface area contributed by atoms with Crippen molar-refractivity contribution in [3.63, 3.8) is 0 Å². The minimum atomic E-state index is -0.206. The van der Waals surface area contributed by atoms with Gasteiger partial charge in [-0.25, -0.2) is 4.39 Å². The van der Waals surface area contributed by atoms with Crippen molar-refractivity contribution < 1.29 is 4.39 Å². The highest BCUT2D eigenvalue weighted by Crippen LogP contribution is 2.32. The summed E-state index contributed by atoms with van der Waals surface area (Å²) in [6, 6.07) is 5.33. The monoisotopic (exact) mass is 326 g/mol. The van der Waals surface area contributed by atoms with Crippen LogP contribution < -0.4 is 0 Å². The van der Waals surface area contributed by atoms with Crippen LogP contribution in [0.15, 0.2) is 30.4 Å². The molecule has 0 saturated heterocycles. The van der Waals surface area contributed by atoms with E-state index in [4.69, 9.17) is 0 Å². The van der Waals surface area contributed by atoms with Crippen LogP contribution in [0.5, 0.6) is 0 Å². The Bertz CT molecular complexity index is 580. The summed E-state index contributed by atoms with van der Waals surface area (Å²) in [7, 11) is 0. The molecule has 0 atom stereocenters. The van der Waals surface area contributed by atoms with Crippen LogP contribution in [-0.2, 0) is 6.42 Å². The molecule has 24 heavy (non-hydrogen) atoms. The van der Waals surface area contributed by atoms with Crippen LogP contribution in [0.3, 0.4) is 0 Å². The van der Waals surface area contributed by atoms with Crippen LogP contribution in [0.1, 0.15) is 76.3 Å². The van der Waals surface area contributed by atoms with E-state index in [1.165, 1.54) is 51.4 Å². The second kappa shape index (κ2) is 10.3. The summed E-state index contributed by atoms with van der Waals surface area (Å²) < 4.78 is 13.9. The van der Waals surface area contributed by atoms with Gasteiger partial charge in [-0.05, 0) is 67.7 Å². The summed E-state index contributed by atoms with van der Waals surface area (Å²) in [5, 5.41) is 0. The second-order valence-electron chi connectivity index (χ2n) is 7.07. The van der Waals surface area contributed by atoms with Crippen LogP contribution >= 0.6 is 0 Å². The summed E-state index contributed by atoms with van der Waals surface area (Å²) in [5.74, 6) is 7.34. The van der Waals surface area contributed by atoms with Crippen LogP contribution in [0.2, 0.25) is 0 Å². The van der Waals surface area contributed by atoms with Gasteiger partial charge >= 0.3 is 0 Å². The van der Waals surface area contributed by atoms with Gasteiger partial charge in [0.15, 0.2) is 0 Å². The third-order valence-corrected chi connectivity index (χ3v) is 5.21. The maximum Gasteiger partial charge on any atom is 0.139 e. The molecule has 0 unspecified atom stereocenters. The van der Waals surface area contributed by atoms with Gasteiger partial charge in [0.25, 0.3) is 0 Å². The lowest BCUT2D eigenvalue weighted by Gasteiger charge is -2.26. The number of hydrogen-bond acceptors (Lipinski definition) is 0. The van der Waals surface area contributed by atoms with Crippen LogP contribution in [0.4, 0.5) is 4.39 Å². The highest BCUT2D eigenvalue weighted by atomic mass is 19.1. The molecule has 0 bridgehead atoms. The standard InChI is InChI=1S/C23H31F/c1-3-5-6-9-20-12-14-21(15-13-20)10-7-8-11-22-17-16-19(4-2)18-23(22)24/h7,10,16-18,20-21H,3-6,9,12-15H2,1-2H3/b10-7+/t20-,21-. The van der Waals surface area contributed by atoms with E-state index in [0.717, 1.165) is 17.9 Å². The summed E-state index contributed by atoms with van der Waals surface area (Å²) in [6.07, 6.45) is 15.8. The average Bonchev–Trinajstić information content (AvgIpc) is 2.61. The van der Waals surface area contributed by atoms with Gasteiger partial charge in [-0.1, -0.05) is 63.5 Å². The van der Waals surface area contributed by atoms with Crippen molar-refractivity contribution in [3.05, 3.63) is 47.3 Å². The number of benzene rings is 1. The fourth-order valence-electron chi connectivity index (χ4n) is 3.54. The predicted octanol–water partition coefficient (Wildman–Crippen LogP) is 6.68. The van der Waals surface area contributed by atoms with E-state index >= 15 is 0 Å². The Morgan fingerprint density at radius 2 is 1.92 bits per heavy atom. The first-order chi connectivity index (χ1) is 11.7. The molecular formula is C23H31F. The molecule has 1 aliphatic carbocycles. The van der Waals surface area contributed by atoms with Crippen molar-refractivity contribution >= 4 is 0 Å². The number of halogens is 1. The van der Waals surface area contributed by atoms with E-state index in [-0.39, 0.29) is 5.82 Å². The quantitative estimate of drug-likeness (QED) is 0.404. The fourth-order valence-corrected chi connectivity index (χ4v) is 3.54. The van der Waals surface area contributed by atoms with Gasteiger partial charge in [-0.2, -0.15) is 0 Å². The van der Waals surface area contributed by atoms with Gasteiger partial charge in [0.1, 0.15) is 5.82 Å². The van der Waals surface area contributed by atoms with Crippen LogP contribution in [0.25, 0.3) is 0 Å². The van der Waals surface area contributed by atoms with Gasteiger partial charge in [-0.3, -0.25) is 0 Å². The molecule has 0 amide bonds. The van der Waals surface area contributed by atoms with E-state index in [2.05, 4.69) is 24.8 Å². The molecule has 1 fully saturated rings. The summed E-state index contributed by atoms with van der Waals surface area (Å²) in [6.45, 7) is 4.30. The van der Waals surface area contributed by atoms with Crippen LogP contribution in [-0.4, -0.2) is 0 Å². The largest absolute Gasteiger partial charge is 0.206 e. The maximum atomic E-state index is 13.9. The van der Waals surface area contributed by atoms with Gasteiger partial charge in [0.2, 0.25) is 0 Å². The highest BCUT2D eigenvalue weighted by Gasteiger charge is 2.18. The Morgan fingerprint density at radius 1 is 1.12 bits per heavy atom. The highest BCUT2D eigenvalue weighted by molar-refractivity contribution is 5.39. The predicted molar refractivity (Wildman–Crippen MR) is 101 cm³/mol. The molecule has 1 saturated carbocycles. The molecule has 1 aromatic rings. The Morgan fingerprint density at radius 3 is 2.58 bits per heavy atom. The molecule has 0 aliphatic heterocycles. The molecule has 0 aromatic heterocycles. The molecule has 2 rings (SSSR count). The molecule has 1 aliphatic rings. The van der Waals surface area contributed by atoms with Gasteiger partial charge in [0, 0.05) is 0 Å². The van der Waals surface area contributed by atoms with E-state index in [9.17, 15) is 4.39 Å². The van der Waals surface area contributed by atoms with Crippen molar-refractivity contribution in [1.29, 1.82) is 0 Å². The molecule has 0 spiro atoms. The Balaban J connectivity index is 1.77. The van der Waals surface area contributed by atoms with E-state index < -0.39 is 0 Å². The molecular weight excluding hydrogens is 295 g/mol. The van der Waals surface area contributed by atoms with Crippen molar-refractivity contribution in [3.8, 4) is 11.8 Å². The lowest BCUT2D eigenvalue weighted by Crippen LogP contribution is -2.12. The molecule has 0 radical (unpaired) electrons. The molecule has 130 valence electrons. The summed E-state index contributed by atoms with van der Waals surface area (Å²) in [4.78, 5) is 0. The second-order valence-corrected chi connectivity index (χ2v) is 7.07. The molecule has 1 heteroatoms. The molecule has 0 N–H and O–H groups in total. The van der Waals surface area contributed by atoms with Crippen molar-refractivity contribution in [2.24, 2.45) is 11.8 Å². The lowest BCUT2D eigenvalue weighted by molar-refractivity contribution is 0.289. The van der Waals surface area contributed by atoms with Crippen molar-refractivity contribution in [2.75, 3.05) is 0 Å². The first-order valence-electron chi connectivity index (χ1n) is 9.69.